The molecule has 0 aliphatic rings. The van der Waals surface area contributed by atoms with Crippen LogP contribution in [0.15, 0.2) is 35.7 Å². The monoisotopic (exact) mass is 258 g/mol. The largest absolute Gasteiger partial charge is 0.412 e. The first-order valence-corrected chi connectivity index (χ1v) is 5.48. The van der Waals surface area contributed by atoms with E-state index in [0.29, 0.717) is 4.88 Å². The van der Waals surface area contributed by atoms with Crippen LogP contribution in [0.4, 0.5) is 4.39 Å². The highest BCUT2D eigenvalue weighted by Crippen LogP contribution is 2.24. The summed E-state index contributed by atoms with van der Waals surface area (Å²) in [5, 5.41) is 1.91. The molecule has 1 aromatic heterocycles. The summed E-state index contributed by atoms with van der Waals surface area (Å²) in [4.78, 5) is 12.3. The molecule has 0 amide bonds. The van der Waals surface area contributed by atoms with Crippen molar-refractivity contribution >= 4 is 28.7 Å². The molecule has 2 rings (SSSR count). The fourth-order valence-electron chi connectivity index (χ4n) is 1.25. The van der Waals surface area contributed by atoms with Gasteiger partial charge in [-0.2, -0.15) is 0 Å². The fourth-order valence-corrected chi connectivity index (χ4v) is 2.16. The molecule has 0 saturated carbocycles. The van der Waals surface area contributed by atoms with E-state index in [1.54, 1.807) is 17.5 Å². The van der Waals surface area contributed by atoms with Crippen LogP contribution in [0, 0.1) is 5.82 Å². The van der Waals surface area contributed by atoms with Crippen molar-refractivity contribution in [3.8, 4) is 0 Å². The Labute approximate surface area is 101 Å². The average Bonchev–Trinajstić information content (AvgIpc) is 2.69. The second-order valence-corrected chi connectivity index (χ2v) is 4.26. The smallest absolute Gasteiger partial charge is 0.207 e. The van der Waals surface area contributed by atoms with Gasteiger partial charge in [0, 0.05) is 0 Å². The van der Waals surface area contributed by atoms with Gasteiger partial charge in [-0.1, -0.05) is 23.7 Å². The van der Waals surface area contributed by atoms with Crippen LogP contribution >= 0.6 is 22.9 Å². The molecule has 5 heteroatoms. The van der Waals surface area contributed by atoms with Crippen LogP contribution in [-0.2, 0) is 0 Å². The van der Waals surface area contributed by atoms with Crippen molar-refractivity contribution < 1.29 is 14.7 Å². The average molecular weight is 259 g/mol. The van der Waals surface area contributed by atoms with Crippen LogP contribution in [0.5, 0.6) is 0 Å². The number of carbonyl (C=O) groups excluding carboxylic acids is 1. The molecule has 2 aromatic rings. The van der Waals surface area contributed by atoms with Crippen molar-refractivity contribution in [1.29, 1.82) is 0 Å². The first-order valence-electron chi connectivity index (χ1n) is 4.22. The maximum Gasteiger partial charge on any atom is 0.207 e. The molecule has 0 fully saturated rings. The zero-order valence-corrected chi connectivity index (χ0v) is 9.61. The van der Waals surface area contributed by atoms with Crippen molar-refractivity contribution in [3.05, 3.63) is 57.0 Å². The normalized spacial score (nSPS) is 9.62. The van der Waals surface area contributed by atoms with Gasteiger partial charge in [-0.05, 0) is 23.6 Å². The number of thiophene rings is 1. The van der Waals surface area contributed by atoms with Crippen molar-refractivity contribution in [2.45, 2.75) is 0 Å². The Hall–Kier alpha value is -1.23. The van der Waals surface area contributed by atoms with Gasteiger partial charge in [-0.3, -0.25) is 4.79 Å². The molecule has 2 N–H and O–H groups in total. The van der Waals surface area contributed by atoms with Gasteiger partial charge in [0.1, 0.15) is 5.82 Å². The second kappa shape index (κ2) is 5.21. The summed E-state index contributed by atoms with van der Waals surface area (Å²) >= 11 is 7.05. The van der Waals surface area contributed by atoms with Gasteiger partial charge in [0.2, 0.25) is 5.78 Å². The molecule has 16 heavy (non-hydrogen) atoms. The van der Waals surface area contributed by atoms with Gasteiger partial charge < -0.3 is 5.48 Å². The minimum Gasteiger partial charge on any atom is -0.412 e. The zero-order chi connectivity index (χ0) is 10.8. The molecule has 1 heterocycles. The lowest BCUT2D eigenvalue weighted by molar-refractivity contribution is 0.103. The summed E-state index contributed by atoms with van der Waals surface area (Å²) in [5.74, 6) is -0.950. The van der Waals surface area contributed by atoms with E-state index in [0.717, 1.165) is 0 Å². The third-order valence-corrected chi connectivity index (χ3v) is 3.12. The lowest BCUT2D eigenvalue weighted by atomic mass is 10.1. The minimum atomic E-state index is -0.583. The highest BCUT2D eigenvalue weighted by molar-refractivity contribution is 7.12. The van der Waals surface area contributed by atoms with E-state index >= 15 is 0 Å². The fraction of sp³-hybridized carbons (Fsp3) is 0. The first kappa shape index (κ1) is 12.8. The molecular formula is C11H8ClFO2S. The standard InChI is InChI=1S/C11H6ClFOS.H2O/c12-7-3-1-4-8(13)10(7)11(14)9-5-2-6-15-9;/h1-6H;1H2. The Balaban J connectivity index is 0.00000128. The van der Waals surface area contributed by atoms with Gasteiger partial charge in [0.15, 0.2) is 0 Å². The van der Waals surface area contributed by atoms with E-state index in [-0.39, 0.29) is 21.8 Å². The number of rotatable bonds is 2. The number of ketones is 1. The molecule has 0 spiro atoms. The Morgan fingerprint density at radius 1 is 1.25 bits per heavy atom. The third kappa shape index (κ3) is 2.29. The summed E-state index contributed by atoms with van der Waals surface area (Å²) in [6, 6.07) is 7.60. The predicted molar refractivity (Wildman–Crippen MR) is 62.8 cm³/mol. The lowest BCUT2D eigenvalue weighted by Crippen LogP contribution is -2.02. The third-order valence-electron chi connectivity index (χ3n) is 1.93. The molecule has 1 aromatic carbocycles. The predicted octanol–water partition coefficient (Wildman–Crippen LogP) is 2.95. The first-order chi connectivity index (χ1) is 7.20. The highest BCUT2D eigenvalue weighted by atomic mass is 35.5. The van der Waals surface area contributed by atoms with Gasteiger partial charge in [-0.15, -0.1) is 11.3 Å². The van der Waals surface area contributed by atoms with Crippen LogP contribution in [0.2, 0.25) is 5.02 Å². The number of hydrogen-bond donors (Lipinski definition) is 0. The van der Waals surface area contributed by atoms with Gasteiger partial charge in [-0.25, -0.2) is 4.39 Å². The molecule has 0 radical (unpaired) electrons. The zero-order valence-electron chi connectivity index (χ0n) is 8.04. The number of benzene rings is 1. The van der Waals surface area contributed by atoms with Crippen molar-refractivity contribution in [2.24, 2.45) is 0 Å². The van der Waals surface area contributed by atoms with E-state index < -0.39 is 5.82 Å². The molecule has 2 nitrogen and oxygen atoms in total. The van der Waals surface area contributed by atoms with Crippen LogP contribution in [0.1, 0.15) is 15.2 Å². The summed E-state index contributed by atoms with van der Waals surface area (Å²) < 4.78 is 13.4. The molecular weight excluding hydrogens is 251 g/mol. The number of carbonyl (C=O) groups is 1. The Kier molecular flexibility index (Phi) is 4.18. The molecule has 0 aliphatic heterocycles. The molecule has 84 valence electrons. The van der Waals surface area contributed by atoms with Crippen molar-refractivity contribution in [1.82, 2.24) is 0 Å². The summed E-state index contributed by atoms with van der Waals surface area (Å²) in [7, 11) is 0. The van der Waals surface area contributed by atoms with Gasteiger partial charge in [0.25, 0.3) is 0 Å². The minimum absolute atomic E-state index is 0. The summed E-state index contributed by atoms with van der Waals surface area (Å²) in [6.45, 7) is 0. The van der Waals surface area contributed by atoms with Crippen molar-refractivity contribution in [2.75, 3.05) is 0 Å². The van der Waals surface area contributed by atoms with Gasteiger partial charge >= 0.3 is 0 Å². The van der Waals surface area contributed by atoms with E-state index in [9.17, 15) is 9.18 Å². The van der Waals surface area contributed by atoms with E-state index in [1.807, 2.05) is 0 Å². The number of hydrogen-bond acceptors (Lipinski definition) is 2. The molecule has 0 saturated heterocycles. The topological polar surface area (TPSA) is 48.6 Å². The highest BCUT2D eigenvalue weighted by Gasteiger charge is 2.17. The maximum atomic E-state index is 13.4. The number of halogens is 2. The van der Waals surface area contributed by atoms with Crippen molar-refractivity contribution in [3.63, 3.8) is 0 Å². The van der Waals surface area contributed by atoms with E-state index in [1.165, 1.54) is 29.5 Å². The SMILES string of the molecule is O.O=C(c1cccs1)c1c(F)cccc1Cl. The van der Waals surface area contributed by atoms with Crippen LogP contribution < -0.4 is 0 Å². The molecule has 0 bridgehead atoms. The molecule has 0 unspecified atom stereocenters. The van der Waals surface area contributed by atoms with Crippen LogP contribution in [-0.4, -0.2) is 11.3 Å². The maximum absolute atomic E-state index is 13.4. The second-order valence-electron chi connectivity index (χ2n) is 2.90. The Bertz CT molecular complexity index is 476. The summed E-state index contributed by atoms with van der Waals surface area (Å²) in [6.07, 6.45) is 0. The Morgan fingerprint density at radius 2 is 2.00 bits per heavy atom. The molecule has 0 atom stereocenters. The van der Waals surface area contributed by atoms with Crippen LogP contribution in [0.25, 0.3) is 0 Å². The van der Waals surface area contributed by atoms with Gasteiger partial charge in [0.05, 0.1) is 15.5 Å². The molecule has 0 aliphatic carbocycles. The quantitative estimate of drug-likeness (QED) is 0.764. The summed E-state index contributed by atoms with van der Waals surface area (Å²) in [5.41, 5.74) is -0.0541. The van der Waals surface area contributed by atoms with E-state index in [4.69, 9.17) is 11.6 Å². The Morgan fingerprint density at radius 3 is 2.56 bits per heavy atom. The van der Waals surface area contributed by atoms with Crippen LogP contribution in [0.3, 0.4) is 0 Å². The lowest BCUT2D eigenvalue weighted by Gasteiger charge is -2.02. The van der Waals surface area contributed by atoms with E-state index in [2.05, 4.69) is 0 Å².